The van der Waals surface area contributed by atoms with Gasteiger partial charge in [0.05, 0.1) is 0 Å². The quantitative estimate of drug-likeness (QED) is 0.767. The molecule has 0 aromatic heterocycles. The molecule has 2 unspecified atom stereocenters. The molecule has 1 aliphatic heterocycles. The van der Waals surface area contributed by atoms with Gasteiger partial charge in [-0.2, -0.15) is 0 Å². The minimum Gasteiger partial charge on any atom is -0.480 e. The lowest BCUT2D eigenvalue weighted by atomic mass is 9.98. The van der Waals surface area contributed by atoms with Crippen molar-refractivity contribution in [1.82, 2.24) is 4.90 Å². The summed E-state index contributed by atoms with van der Waals surface area (Å²) >= 11 is 1.74. The summed E-state index contributed by atoms with van der Waals surface area (Å²) in [6, 6.07) is 8.55. The molecule has 1 N–H and O–H groups in total. The molecule has 0 amide bonds. The van der Waals surface area contributed by atoms with Gasteiger partial charge in [-0.3, -0.25) is 9.69 Å². The number of carboxylic acids is 1. The van der Waals surface area contributed by atoms with Crippen LogP contribution in [0.1, 0.15) is 50.6 Å². The second-order valence-electron chi connectivity index (χ2n) is 5.67. The molecule has 21 heavy (non-hydrogen) atoms. The predicted octanol–water partition coefficient (Wildman–Crippen LogP) is 4.19. The van der Waals surface area contributed by atoms with Crippen LogP contribution in [0.15, 0.2) is 29.2 Å². The van der Waals surface area contributed by atoms with Gasteiger partial charge in [-0.1, -0.05) is 31.9 Å². The van der Waals surface area contributed by atoms with Gasteiger partial charge in [0.1, 0.15) is 6.04 Å². The van der Waals surface area contributed by atoms with Gasteiger partial charge >= 0.3 is 5.97 Å². The molecule has 2 atom stereocenters. The summed E-state index contributed by atoms with van der Waals surface area (Å²) in [6.45, 7) is 3.09. The maximum atomic E-state index is 11.5. The summed E-state index contributed by atoms with van der Waals surface area (Å²) in [4.78, 5) is 14.9. The van der Waals surface area contributed by atoms with E-state index in [1.54, 1.807) is 11.8 Å². The molecule has 1 aliphatic rings. The molecule has 1 aromatic carbocycles. The average molecular weight is 307 g/mol. The fourth-order valence-electron chi connectivity index (χ4n) is 3.17. The fraction of sp³-hybridized carbons (Fsp3) is 0.588. The molecule has 2 rings (SSSR count). The van der Waals surface area contributed by atoms with Crippen molar-refractivity contribution in [2.24, 2.45) is 0 Å². The van der Waals surface area contributed by atoms with Crippen molar-refractivity contribution in [3.8, 4) is 0 Å². The molecule has 1 aromatic rings. The van der Waals surface area contributed by atoms with Gasteiger partial charge in [0.15, 0.2) is 0 Å². The van der Waals surface area contributed by atoms with E-state index in [4.69, 9.17) is 0 Å². The lowest BCUT2D eigenvalue weighted by Gasteiger charge is -2.31. The Bertz CT molecular complexity index is 460. The molecule has 1 saturated heterocycles. The Balaban J connectivity index is 2.22. The lowest BCUT2D eigenvalue weighted by molar-refractivity contribution is -0.143. The van der Waals surface area contributed by atoms with Crippen molar-refractivity contribution < 1.29 is 9.90 Å². The van der Waals surface area contributed by atoms with Crippen LogP contribution >= 0.6 is 11.8 Å². The maximum Gasteiger partial charge on any atom is 0.320 e. The summed E-state index contributed by atoms with van der Waals surface area (Å²) in [5.41, 5.74) is 1.26. The highest BCUT2D eigenvalue weighted by atomic mass is 32.2. The van der Waals surface area contributed by atoms with E-state index in [2.05, 4.69) is 42.3 Å². The van der Waals surface area contributed by atoms with Crippen molar-refractivity contribution in [2.75, 3.05) is 12.8 Å². The predicted molar refractivity (Wildman–Crippen MR) is 87.9 cm³/mol. The van der Waals surface area contributed by atoms with Crippen LogP contribution in [0.2, 0.25) is 0 Å². The molecule has 3 nitrogen and oxygen atoms in total. The zero-order chi connectivity index (χ0) is 15.2. The average Bonchev–Trinajstić information content (AvgIpc) is 2.98. The SMILES string of the molecule is CCCCC(c1ccc(SC)cc1)N1CCCC1C(=O)O. The third-order valence-electron chi connectivity index (χ3n) is 4.31. The number of hydrogen-bond acceptors (Lipinski definition) is 3. The van der Waals surface area contributed by atoms with Crippen LogP contribution in [0, 0.1) is 0 Å². The molecule has 0 spiro atoms. The van der Waals surface area contributed by atoms with Crippen molar-refractivity contribution in [3.63, 3.8) is 0 Å². The number of nitrogens with zero attached hydrogens (tertiary/aromatic N) is 1. The number of rotatable bonds is 7. The summed E-state index contributed by atoms with van der Waals surface area (Å²) in [6.07, 6.45) is 7.16. The van der Waals surface area contributed by atoms with Crippen LogP contribution in [0.3, 0.4) is 0 Å². The van der Waals surface area contributed by atoms with Crippen LogP contribution in [0.4, 0.5) is 0 Å². The van der Waals surface area contributed by atoms with E-state index in [0.717, 1.165) is 38.6 Å². The second kappa shape index (κ2) is 7.85. The highest BCUT2D eigenvalue weighted by molar-refractivity contribution is 7.98. The molecule has 0 aliphatic carbocycles. The summed E-state index contributed by atoms with van der Waals surface area (Å²) < 4.78 is 0. The van der Waals surface area contributed by atoms with Gasteiger partial charge in [-0.15, -0.1) is 11.8 Å². The number of unbranched alkanes of at least 4 members (excludes halogenated alkanes) is 1. The number of hydrogen-bond donors (Lipinski definition) is 1. The molecule has 116 valence electrons. The standard InChI is InChI=1S/C17H25NO2S/c1-3-4-6-15(13-8-10-14(21-2)11-9-13)18-12-5-7-16(18)17(19)20/h8-11,15-16H,3-7,12H2,1-2H3,(H,19,20). The van der Waals surface area contributed by atoms with E-state index in [-0.39, 0.29) is 12.1 Å². The van der Waals surface area contributed by atoms with E-state index in [0.29, 0.717) is 0 Å². The Labute approximate surface area is 131 Å². The van der Waals surface area contributed by atoms with Gasteiger partial charge in [-0.05, 0) is 49.8 Å². The molecule has 1 heterocycles. The van der Waals surface area contributed by atoms with Gasteiger partial charge in [0.25, 0.3) is 0 Å². The van der Waals surface area contributed by atoms with Crippen LogP contribution in [0.25, 0.3) is 0 Å². The molecule has 0 bridgehead atoms. The third kappa shape index (κ3) is 4.01. The Morgan fingerprint density at radius 1 is 1.43 bits per heavy atom. The van der Waals surface area contributed by atoms with Gasteiger partial charge in [0, 0.05) is 10.9 Å². The van der Waals surface area contributed by atoms with Gasteiger partial charge < -0.3 is 5.11 Å². The maximum absolute atomic E-state index is 11.5. The number of thioether (sulfide) groups is 1. The first-order valence-corrected chi connectivity index (χ1v) is 9.02. The number of aliphatic carboxylic acids is 1. The number of carboxylic acid groups (broad SMARTS) is 1. The number of benzene rings is 1. The van der Waals surface area contributed by atoms with Gasteiger partial charge in [0.2, 0.25) is 0 Å². The summed E-state index contributed by atoms with van der Waals surface area (Å²) in [5, 5.41) is 9.44. The van der Waals surface area contributed by atoms with E-state index in [1.165, 1.54) is 10.5 Å². The smallest absolute Gasteiger partial charge is 0.320 e. The molecule has 0 radical (unpaired) electrons. The van der Waals surface area contributed by atoms with Crippen LogP contribution in [0.5, 0.6) is 0 Å². The molecular weight excluding hydrogens is 282 g/mol. The van der Waals surface area contributed by atoms with Crippen LogP contribution < -0.4 is 0 Å². The number of likely N-dealkylation sites (tertiary alicyclic amines) is 1. The largest absolute Gasteiger partial charge is 0.480 e. The molecule has 1 fully saturated rings. The van der Waals surface area contributed by atoms with Crippen LogP contribution in [-0.4, -0.2) is 34.8 Å². The van der Waals surface area contributed by atoms with Crippen molar-refractivity contribution in [3.05, 3.63) is 29.8 Å². The van der Waals surface area contributed by atoms with E-state index in [1.807, 2.05) is 0 Å². The zero-order valence-corrected chi connectivity index (χ0v) is 13.7. The van der Waals surface area contributed by atoms with E-state index >= 15 is 0 Å². The first-order valence-electron chi connectivity index (χ1n) is 7.80. The van der Waals surface area contributed by atoms with Crippen LogP contribution in [-0.2, 0) is 4.79 Å². The highest BCUT2D eigenvalue weighted by Gasteiger charge is 2.35. The first kappa shape index (κ1) is 16.4. The second-order valence-corrected chi connectivity index (χ2v) is 6.54. The molecular formula is C17H25NO2S. The van der Waals surface area contributed by atoms with Crippen molar-refractivity contribution in [1.29, 1.82) is 0 Å². The first-order chi connectivity index (χ1) is 10.2. The fourth-order valence-corrected chi connectivity index (χ4v) is 3.58. The minimum absolute atomic E-state index is 0.240. The van der Waals surface area contributed by atoms with Gasteiger partial charge in [-0.25, -0.2) is 0 Å². The highest BCUT2D eigenvalue weighted by Crippen LogP contribution is 2.34. The Morgan fingerprint density at radius 3 is 2.71 bits per heavy atom. The van der Waals surface area contributed by atoms with E-state index < -0.39 is 5.97 Å². The Morgan fingerprint density at radius 2 is 2.14 bits per heavy atom. The van der Waals surface area contributed by atoms with E-state index in [9.17, 15) is 9.90 Å². The Hall–Kier alpha value is -1.00. The molecule has 0 saturated carbocycles. The zero-order valence-electron chi connectivity index (χ0n) is 12.9. The summed E-state index contributed by atoms with van der Waals surface area (Å²) in [5.74, 6) is -0.672. The number of carbonyl (C=O) groups is 1. The van der Waals surface area contributed by atoms with Crippen molar-refractivity contribution >= 4 is 17.7 Å². The van der Waals surface area contributed by atoms with Crippen molar-refractivity contribution in [2.45, 2.75) is 56.0 Å². The lowest BCUT2D eigenvalue weighted by Crippen LogP contribution is -2.38. The third-order valence-corrected chi connectivity index (χ3v) is 5.05. The summed E-state index contributed by atoms with van der Waals surface area (Å²) in [7, 11) is 0. The molecule has 4 heteroatoms. The topological polar surface area (TPSA) is 40.5 Å². The normalized spacial score (nSPS) is 20.6. The Kier molecular flexibility index (Phi) is 6.12. The minimum atomic E-state index is -0.672. The monoisotopic (exact) mass is 307 g/mol.